The van der Waals surface area contributed by atoms with E-state index in [1.165, 1.54) is 64.2 Å². The maximum absolute atomic E-state index is 6.86. The van der Waals surface area contributed by atoms with Crippen LogP contribution < -0.4 is 10.6 Å². The van der Waals surface area contributed by atoms with Gasteiger partial charge in [0.25, 0.3) is 0 Å². The number of halogens is 1. The zero-order valence-corrected chi connectivity index (χ0v) is 29.6. The van der Waals surface area contributed by atoms with E-state index in [0.717, 1.165) is 34.7 Å². The molecule has 6 fully saturated rings. The van der Waals surface area contributed by atoms with Crippen LogP contribution in [0.4, 0.5) is 0 Å². The first-order chi connectivity index (χ1) is 19.5. The van der Waals surface area contributed by atoms with Crippen LogP contribution in [0.2, 0.25) is 5.02 Å². The zero-order valence-electron chi connectivity index (χ0n) is 26.1. The Hall–Kier alpha value is -0.0365. The third-order valence-electron chi connectivity index (χ3n) is 9.96. The fraction of sp³-hybridized carbons (Fsp3) is 0.657. The van der Waals surface area contributed by atoms with Crippen LogP contribution in [0.1, 0.15) is 110 Å². The number of aryl methyl sites for hydroxylation is 1. The van der Waals surface area contributed by atoms with E-state index in [9.17, 15) is 0 Å². The molecular formula is C35H49ClNiO3P2+2. The summed E-state index contributed by atoms with van der Waals surface area (Å²) in [6.45, 7) is 11.0. The molecule has 0 N–H and O–H groups in total. The molecule has 2 aromatic rings. The molecule has 4 unspecified atom stereocenters. The van der Waals surface area contributed by atoms with Crippen molar-refractivity contribution in [1.29, 1.82) is 0 Å². The van der Waals surface area contributed by atoms with Crippen molar-refractivity contribution in [2.75, 3.05) is 0 Å². The summed E-state index contributed by atoms with van der Waals surface area (Å²) in [6, 6.07) is 17.4. The first kappa shape index (κ1) is 33.3. The van der Waals surface area contributed by atoms with Gasteiger partial charge in [0.1, 0.15) is 0 Å². The third-order valence-corrected chi connectivity index (χ3v) is 17.4. The van der Waals surface area contributed by atoms with Crippen LogP contribution in [0.25, 0.3) is 0 Å². The molecule has 4 bridgehead atoms. The van der Waals surface area contributed by atoms with Crippen LogP contribution in [-0.4, -0.2) is 33.6 Å². The van der Waals surface area contributed by atoms with Gasteiger partial charge in [-0.2, -0.15) is 0 Å². The predicted octanol–water partition coefficient (Wildman–Crippen LogP) is 9.95. The number of hydrogen-bond acceptors (Lipinski definition) is 3. The molecule has 4 saturated heterocycles. The van der Waals surface area contributed by atoms with Gasteiger partial charge >= 0.3 is 16.5 Å². The normalized spacial score (nSPS) is 36.3. The van der Waals surface area contributed by atoms with Crippen molar-refractivity contribution < 1.29 is 30.7 Å². The minimum Gasteiger partial charge on any atom is -0.339 e. The Morgan fingerprint density at radius 3 is 1.64 bits per heavy atom. The van der Waals surface area contributed by atoms with E-state index in [2.05, 4.69) is 52.0 Å². The molecule has 2 aliphatic carbocycles. The van der Waals surface area contributed by atoms with Crippen LogP contribution >= 0.6 is 27.4 Å². The molecule has 8 rings (SSSR count). The van der Waals surface area contributed by atoms with Crippen molar-refractivity contribution in [3.63, 3.8) is 0 Å². The molecule has 0 amide bonds. The third kappa shape index (κ3) is 6.59. The molecule has 6 aliphatic rings. The second-order valence-corrected chi connectivity index (χ2v) is 20.1. The maximum atomic E-state index is 6.86. The number of rotatable bonds is 4. The standard InChI is InChI=1S/C28H42O3P2.C7H7Cl.Ni/c1-25-19-27(3)31-26(2,29-25)20-28(4,30-25)33(27)24-18-12-11-17-23(24)32(21-13-7-5-8-14-21)22-15-9-6-10-16-22;1-6-4-2-3-5-7(6)8;/h11-12,17-18,21-22H,5-10,13-16,19-20H2,1-4H3;2-5H,1H3;/q;;+2. The summed E-state index contributed by atoms with van der Waals surface area (Å²) in [5.41, 5.74) is 2.95. The Bertz CT molecular complexity index is 1150. The molecule has 3 nitrogen and oxygen atoms in total. The van der Waals surface area contributed by atoms with Crippen LogP contribution in [-0.2, 0) is 30.7 Å². The Kier molecular flexibility index (Phi) is 10.3. The van der Waals surface area contributed by atoms with Crippen molar-refractivity contribution in [3.05, 3.63) is 59.1 Å². The number of benzene rings is 2. The van der Waals surface area contributed by atoms with Crippen molar-refractivity contribution in [1.82, 2.24) is 0 Å². The molecule has 4 heterocycles. The van der Waals surface area contributed by atoms with Gasteiger partial charge in [-0.15, -0.1) is 0 Å². The minimum atomic E-state index is -0.632. The second-order valence-electron chi connectivity index (χ2n) is 13.8. The predicted molar refractivity (Wildman–Crippen MR) is 176 cm³/mol. The van der Waals surface area contributed by atoms with E-state index >= 15 is 0 Å². The quantitative estimate of drug-likeness (QED) is 0.239. The summed E-state index contributed by atoms with van der Waals surface area (Å²) in [4.78, 5) is 0. The van der Waals surface area contributed by atoms with Gasteiger partial charge in [-0.25, -0.2) is 0 Å². The van der Waals surface area contributed by atoms with E-state index < -0.39 is 19.5 Å². The summed E-state index contributed by atoms with van der Waals surface area (Å²) in [5, 5.41) is 3.77. The summed E-state index contributed by atoms with van der Waals surface area (Å²) >= 11 is 5.71. The van der Waals surface area contributed by atoms with Gasteiger partial charge in [-0.3, -0.25) is 0 Å². The van der Waals surface area contributed by atoms with Gasteiger partial charge in [-0.05, 0) is 102 Å². The van der Waals surface area contributed by atoms with Gasteiger partial charge in [0.05, 0.1) is 10.7 Å². The molecule has 0 radical (unpaired) electrons. The van der Waals surface area contributed by atoms with Gasteiger partial charge in [-0.1, -0.05) is 101 Å². The molecule has 2 aromatic carbocycles. The SMILES string of the molecule is CC12CC3(C)OC(C)(CC(C)(O1)P3c1ccccc1P(C1CCCCC1)C1CCCCC1)O2.Cc1ccccc1Cl.[Ni+2]. The monoisotopic (exact) mass is 672 g/mol. The number of ether oxygens (including phenoxy) is 3. The van der Waals surface area contributed by atoms with Gasteiger partial charge in [0.15, 0.2) is 11.6 Å². The van der Waals surface area contributed by atoms with Crippen molar-refractivity contribution >= 4 is 38.1 Å². The average molecular weight is 674 g/mol. The smallest absolute Gasteiger partial charge is 0.339 e. The van der Waals surface area contributed by atoms with E-state index in [0.29, 0.717) is 0 Å². The first-order valence-corrected chi connectivity index (χ1v) is 19.2. The van der Waals surface area contributed by atoms with Gasteiger partial charge in [0, 0.05) is 17.9 Å². The summed E-state index contributed by atoms with van der Waals surface area (Å²) in [7, 11) is -0.785. The van der Waals surface area contributed by atoms with Crippen molar-refractivity contribution in [2.24, 2.45) is 0 Å². The largest absolute Gasteiger partial charge is 2.00 e. The summed E-state index contributed by atoms with van der Waals surface area (Å²) in [5.74, 6) is -1.06. The molecule has 4 atom stereocenters. The molecule has 4 aliphatic heterocycles. The van der Waals surface area contributed by atoms with Crippen LogP contribution in [0.3, 0.4) is 0 Å². The zero-order chi connectivity index (χ0) is 28.9. The number of hydrogen-bond donors (Lipinski definition) is 0. The maximum Gasteiger partial charge on any atom is 2.00 e. The molecule has 0 aromatic heterocycles. The van der Waals surface area contributed by atoms with E-state index in [-0.39, 0.29) is 35.1 Å². The summed E-state index contributed by atoms with van der Waals surface area (Å²) in [6.07, 6.45) is 16.0. The van der Waals surface area contributed by atoms with Crippen molar-refractivity contribution in [2.45, 2.75) is 145 Å². The molecule has 7 heteroatoms. The first-order valence-electron chi connectivity index (χ1n) is 16.0. The molecule has 42 heavy (non-hydrogen) atoms. The Labute approximate surface area is 272 Å². The Balaban J connectivity index is 0.000000342. The topological polar surface area (TPSA) is 27.7 Å². The van der Waals surface area contributed by atoms with E-state index in [1.807, 2.05) is 31.2 Å². The van der Waals surface area contributed by atoms with E-state index in [1.54, 1.807) is 10.6 Å². The van der Waals surface area contributed by atoms with Crippen LogP contribution in [0, 0.1) is 6.92 Å². The van der Waals surface area contributed by atoms with Crippen molar-refractivity contribution in [3.8, 4) is 0 Å². The Morgan fingerprint density at radius 1 is 0.690 bits per heavy atom. The minimum absolute atomic E-state index is 0. The van der Waals surface area contributed by atoms with Crippen LogP contribution in [0.5, 0.6) is 0 Å². The van der Waals surface area contributed by atoms with E-state index in [4.69, 9.17) is 25.8 Å². The fourth-order valence-corrected chi connectivity index (χ4v) is 17.6. The average Bonchev–Trinajstić information content (AvgIpc) is 2.90. The molecule has 232 valence electrons. The van der Waals surface area contributed by atoms with Gasteiger partial charge in [0.2, 0.25) is 0 Å². The second kappa shape index (κ2) is 13.0. The summed E-state index contributed by atoms with van der Waals surface area (Å²) < 4.78 is 20.1. The molecule has 2 saturated carbocycles. The molecular weight excluding hydrogens is 624 g/mol. The Morgan fingerprint density at radius 2 is 1.17 bits per heavy atom. The van der Waals surface area contributed by atoms with Gasteiger partial charge < -0.3 is 14.2 Å². The molecule has 0 spiro atoms. The fourth-order valence-electron chi connectivity index (χ4n) is 8.93. The van der Waals surface area contributed by atoms with Crippen LogP contribution in [0.15, 0.2) is 48.5 Å².